The van der Waals surface area contributed by atoms with Gasteiger partial charge >= 0.3 is 0 Å². The molecule has 6 heteroatoms. The number of amides is 1. The molecule has 1 aromatic heterocycles. The van der Waals surface area contributed by atoms with E-state index in [9.17, 15) is 4.79 Å². The number of hydrogen-bond acceptors (Lipinski definition) is 4. The van der Waals surface area contributed by atoms with Crippen LogP contribution in [-0.2, 0) is 11.3 Å². The van der Waals surface area contributed by atoms with Crippen LogP contribution in [0.15, 0.2) is 12.7 Å². The van der Waals surface area contributed by atoms with E-state index >= 15 is 0 Å². The Morgan fingerprint density at radius 3 is 3.11 bits per heavy atom. The third-order valence-electron chi connectivity index (χ3n) is 4.48. The minimum Gasteiger partial charge on any atom is -0.339 e. The van der Waals surface area contributed by atoms with Gasteiger partial charge in [0.15, 0.2) is 0 Å². The van der Waals surface area contributed by atoms with E-state index in [1.165, 1.54) is 6.33 Å². The molecular formula is C13H21N5O. The van der Waals surface area contributed by atoms with Gasteiger partial charge in [0.1, 0.15) is 12.7 Å². The zero-order valence-electron chi connectivity index (χ0n) is 11.3. The van der Waals surface area contributed by atoms with Gasteiger partial charge in [0, 0.05) is 32.1 Å². The van der Waals surface area contributed by atoms with E-state index in [-0.39, 0.29) is 5.91 Å². The maximum Gasteiger partial charge on any atom is 0.224 e. The molecule has 3 atom stereocenters. The highest BCUT2D eigenvalue weighted by atomic mass is 16.2. The van der Waals surface area contributed by atoms with Crippen LogP contribution in [0.2, 0.25) is 0 Å². The lowest BCUT2D eigenvalue weighted by atomic mass is 9.93. The van der Waals surface area contributed by atoms with Crippen LogP contribution in [0.3, 0.4) is 0 Å². The van der Waals surface area contributed by atoms with Gasteiger partial charge in [-0.3, -0.25) is 9.48 Å². The number of fused-ring (bicyclic) bond motifs is 1. The predicted octanol–water partition coefficient (Wildman–Crippen LogP) is 0.125. The lowest BCUT2D eigenvalue weighted by molar-refractivity contribution is -0.132. The Hall–Kier alpha value is -1.43. The van der Waals surface area contributed by atoms with Crippen molar-refractivity contribution >= 4 is 5.91 Å². The molecule has 1 amide bonds. The number of hydrogen-bond donors (Lipinski definition) is 1. The number of carbonyl (C=O) groups is 1. The summed E-state index contributed by atoms with van der Waals surface area (Å²) in [6.07, 6.45) is 4.74. The van der Waals surface area contributed by atoms with Gasteiger partial charge in [-0.25, -0.2) is 4.98 Å². The van der Waals surface area contributed by atoms with E-state index in [4.69, 9.17) is 0 Å². The van der Waals surface area contributed by atoms with Crippen molar-refractivity contribution in [3.63, 3.8) is 0 Å². The molecular weight excluding hydrogens is 242 g/mol. The van der Waals surface area contributed by atoms with Crippen molar-refractivity contribution in [3.05, 3.63) is 12.7 Å². The highest BCUT2D eigenvalue weighted by Crippen LogP contribution is 2.34. The highest BCUT2D eigenvalue weighted by Gasteiger charge is 2.44. The zero-order chi connectivity index (χ0) is 13.2. The molecule has 3 unspecified atom stereocenters. The lowest BCUT2D eigenvalue weighted by Gasteiger charge is -2.27. The maximum absolute atomic E-state index is 12.4. The summed E-state index contributed by atoms with van der Waals surface area (Å²) in [7, 11) is 0. The molecule has 0 aromatic carbocycles. The number of likely N-dealkylation sites (tertiary alicyclic amines) is 1. The van der Waals surface area contributed by atoms with Gasteiger partial charge in [0.2, 0.25) is 5.91 Å². The van der Waals surface area contributed by atoms with Crippen LogP contribution in [0, 0.1) is 11.8 Å². The first-order valence-electron chi connectivity index (χ1n) is 7.12. The van der Waals surface area contributed by atoms with E-state index in [1.807, 2.05) is 0 Å². The first-order valence-corrected chi connectivity index (χ1v) is 7.12. The maximum atomic E-state index is 12.4. The molecule has 2 aliphatic rings. The molecule has 104 valence electrons. The first kappa shape index (κ1) is 12.6. The van der Waals surface area contributed by atoms with Gasteiger partial charge in [-0.05, 0) is 18.3 Å². The Kier molecular flexibility index (Phi) is 3.50. The van der Waals surface area contributed by atoms with Crippen molar-refractivity contribution < 1.29 is 4.79 Å². The molecule has 1 N–H and O–H groups in total. The average Bonchev–Trinajstić information content (AvgIpc) is 3.11. The normalized spacial score (nSPS) is 29.7. The van der Waals surface area contributed by atoms with Crippen molar-refractivity contribution in [1.82, 2.24) is 25.0 Å². The number of carbonyl (C=O) groups excluding carboxylic acids is 1. The molecule has 2 fully saturated rings. The Bertz CT molecular complexity index is 432. The number of rotatable bonds is 4. The molecule has 6 nitrogen and oxygen atoms in total. The van der Waals surface area contributed by atoms with Gasteiger partial charge in [-0.1, -0.05) is 6.92 Å². The third-order valence-corrected chi connectivity index (χ3v) is 4.48. The molecule has 2 aliphatic heterocycles. The second kappa shape index (κ2) is 5.28. The second-order valence-corrected chi connectivity index (χ2v) is 5.51. The number of aromatic nitrogens is 3. The Balaban J connectivity index is 1.60. The molecule has 3 heterocycles. The Morgan fingerprint density at radius 2 is 2.37 bits per heavy atom. The third kappa shape index (κ3) is 2.36. The summed E-state index contributed by atoms with van der Waals surface area (Å²) in [5, 5.41) is 7.48. The Morgan fingerprint density at radius 1 is 1.47 bits per heavy atom. The van der Waals surface area contributed by atoms with Gasteiger partial charge < -0.3 is 10.2 Å². The molecule has 0 bridgehead atoms. The lowest BCUT2D eigenvalue weighted by Crippen LogP contribution is -2.39. The topological polar surface area (TPSA) is 63.1 Å². The van der Waals surface area contributed by atoms with E-state index in [0.717, 1.165) is 26.1 Å². The van der Waals surface area contributed by atoms with Gasteiger partial charge in [0.25, 0.3) is 0 Å². The predicted molar refractivity (Wildman–Crippen MR) is 70.3 cm³/mol. The quantitative estimate of drug-likeness (QED) is 0.838. The highest BCUT2D eigenvalue weighted by molar-refractivity contribution is 5.77. The SMILES string of the molecule is CCC1C2CNCC2CN1C(=O)CCn1cncn1. The summed E-state index contributed by atoms with van der Waals surface area (Å²) >= 11 is 0. The van der Waals surface area contributed by atoms with E-state index < -0.39 is 0 Å². The van der Waals surface area contributed by atoms with Crippen LogP contribution in [0.4, 0.5) is 0 Å². The second-order valence-electron chi connectivity index (χ2n) is 5.51. The fourth-order valence-electron chi connectivity index (χ4n) is 3.53. The molecule has 0 spiro atoms. The van der Waals surface area contributed by atoms with Crippen LogP contribution in [0.25, 0.3) is 0 Å². The smallest absolute Gasteiger partial charge is 0.224 e. The fraction of sp³-hybridized carbons (Fsp3) is 0.769. The summed E-state index contributed by atoms with van der Waals surface area (Å²) in [4.78, 5) is 18.4. The van der Waals surface area contributed by atoms with Gasteiger partial charge in [-0.15, -0.1) is 0 Å². The van der Waals surface area contributed by atoms with Crippen molar-refractivity contribution in [2.75, 3.05) is 19.6 Å². The summed E-state index contributed by atoms with van der Waals surface area (Å²) in [6.45, 7) is 5.86. The molecule has 0 saturated carbocycles. The molecule has 2 saturated heterocycles. The van der Waals surface area contributed by atoms with Gasteiger partial charge in [-0.2, -0.15) is 5.10 Å². The van der Waals surface area contributed by atoms with Crippen molar-refractivity contribution in [2.45, 2.75) is 32.4 Å². The van der Waals surface area contributed by atoms with E-state index in [2.05, 4.69) is 27.2 Å². The molecule has 0 radical (unpaired) electrons. The largest absolute Gasteiger partial charge is 0.339 e. The monoisotopic (exact) mass is 263 g/mol. The first-order chi connectivity index (χ1) is 9.29. The Labute approximate surface area is 113 Å². The van der Waals surface area contributed by atoms with Crippen LogP contribution < -0.4 is 5.32 Å². The minimum absolute atomic E-state index is 0.261. The number of nitrogens with one attached hydrogen (secondary N) is 1. The summed E-state index contributed by atoms with van der Waals surface area (Å²) in [5.74, 6) is 1.57. The van der Waals surface area contributed by atoms with Gasteiger partial charge in [0.05, 0.1) is 6.54 Å². The van der Waals surface area contributed by atoms with Crippen LogP contribution >= 0.6 is 0 Å². The van der Waals surface area contributed by atoms with E-state index in [0.29, 0.717) is 30.8 Å². The van der Waals surface area contributed by atoms with Crippen molar-refractivity contribution in [3.8, 4) is 0 Å². The molecule has 1 aromatic rings. The molecule has 3 rings (SSSR count). The van der Waals surface area contributed by atoms with Crippen molar-refractivity contribution in [1.29, 1.82) is 0 Å². The minimum atomic E-state index is 0.261. The van der Waals surface area contributed by atoms with Crippen LogP contribution in [-0.4, -0.2) is 51.2 Å². The number of aryl methyl sites for hydroxylation is 1. The fourth-order valence-corrected chi connectivity index (χ4v) is 3.53. The summed E-state index contributed by atoms with van der Waals surface area (Å²) < 4.78 is 1.72. The van der Waals surface area contributed by atoms with Crippen LogP contribution in [0.1, 0.15) is 19.8 Å². The summed E-state index contributed by atoms with van der Waals surface area (Å²) in [6, 6.07) is 0.420. The zero-order valence-corrected chi connectivity index (χ0v) is 11.3. The molecule has 0 aliphatic carbocycles. The number of nitrogens with zero attached hydrogens (tertiary/aromatic N) is 4. The van der Waals surface area contributed by atoms with Crippen LogP contribution in [0.5, 0.6) is 0 Å². The van der Waals surface area contributed by atoms with E-state index in [1.54, 1.807) is 11.0 Å². The standard InChI is InChI=1S/C13H21N5O/c1-2-12-11-6-14-5-10(11)7-18(12)13(19)3-4-17-9-15-8-16-17/h8-12,14H,2-7H2,1H3. The van der Waals surface area contributed by atoms with Crippen molar-refractivity contribution in [2.24, 2.45) is 11.8 Å². The average molecular weight is 263 g/mol. The molecule has 19 heavy (non-hydrogen) atoms. The summed E-state index contributed by atoms with van der Waals surface area (Å²) in [5.41, 5.74) is 0.